The van der Waals surface area contributed by atoms with Crippen molar-refractivity contribution in [3.63, 3.8) is 0 Å². The van der Waals surface area contributed by atoms with Crippen LogP contribution >= 0.6 is 0 Å². The van der Waals surface area contributed by atoms with Crippen molar-refractivity contribution in [1.82, 2.24) is 24.1 Å². The molecule has 0 bridgehead atoms. The number of piperazine rings is 1. The highest BCUT2D eigenvalue weighted by atomic mass is 32.2. The normalized spacial score (nSPS) is 15.4. The van der Waals surface area contributed by atoms with E-state index < -0.39 is 10.0 Å². The number of aromatic nitrogens is 4. The summed E-state index contributed by atoms with van der Waals surface area (Å²) in [5, 5.41) is 4.52. The van der Waals surface area contributed by atoms with Crippen molar-refractivity contribution in [2.24, 2.45) is 0 Å². The molecule has 9 heteroatoms. The lowest BCUT2D eigenvalue weighted by Gasteiger charge is -2.34. The zero-order chi connectivity index (χ0) is 22.2. The second-order valence-electron chi connectivity index (χ2n) is 8.10. The van der Waals surface area contributed by atoms with Gasteiger partial charge in [0, 0.05) is 37.9 Å². The summed E-state index contributed by atoms with van der Waals surface area (Å²) in [6.45, 7) is 9.82. The molecular formula is C22H28N6O2S. The number of rotatable bonds is 5. The molecular weight excluding hydrogens is 412 g/mol. The van der Waals surface area contributed by atoms with Gasteiger partial charge in [-0.3, -0.25) is 0 Å². The van der Waals surface area contributed by atoms with E-state index in [0.717, 1.165) is 34.2 Å². The Balaban J connectivity index is 1.48. The molecule has 0 amide bonds. The molecule has 1 fully saturated rings. The van der Waals surface area contributed by atoms with E-state index in [1.807, 2.05) is 68.8 Å². The zero-order valence-corrected chi connectivity index (χ0v) is 19.2. The van der Waals surface area contributed by atoms with Gasteiger partial charge in [-0.2, -0.15) is 9.40 Å². The lowest BCUT2D eigenvalue weighted by molar-refractivity contribution is 0.383. The van der Waals surface area contributed by atoms with E-state index in [1.165, 1.54) is 0 Å². The number of aryl methyl sites for hydroxylation is 4. The number of nitrogens with zero attached hydrogens (tertiary/aromatic N) is 6. The molecule has 0 N–H and O–H groups in total. The summed E-state index contributed by atoms with van der Waals surface area (Å²) in [6.07, 6.45) is 0. The summed E-state index contributed by atoms with van der Waals surface area (Å²) in [5.74, 6) is 2.21. The monoisotopic (exact) mass is 440 g/mol. The molecule has 8 nitrogen and oxygen atoms in total. The van der Waals surface area contributed by atoms with Crippen LogP contribution in [-0.2, 0) is 15.8 Å². The Kier molecular flexibility index (Phi) is 5.81. The van der Waals surface area contributed by atoms with Gasteiger partial charge in [-0.25, -0.2) is 23.1 Å². The van der Waals surface area contributed by atoms with Gasteiger partial charge < -0.3 is 4.90 Å². The maximum absolute atomic E-state index is 12.9. The predicted molar refractivity (Wildman–Crippen MR) is 121 cm³/mol. The average Bonchev–Trinajstić information content (AvgIpc) is 3.05. The Bertz CT molecular complexity index is 1200. The SMILES string of the molecule is Cc1cccc(CS(=O)(=O)N2CCN(c3cc(-n4nc(C)cc4C)nc(C)n3)CC2)c1. The van der Waals surface area contributed by atoms with E-state index in [1.54, 1.807) is 4.31 Å². The number of benzene rings is 1. The predicted octanol–water partition coefficient (Wildman–Crippen LogP) is 2.55. The van der Waals surface area contributed by atoms with E-state index in [2.05, 4.69) is 20.0 Å². The van der Waals surface area contributed by atoms with Crippen molar-refractivity contribution in [3.05, 3.63) is 64.7 Å². The summed E-state index contributed by atoms with van der Waals surface area (Å²) in [6, 6.07) is 11.6. The minimum absolute atomic E-state index is 0.0311. The highest BCUT2D eigenvalue weighted by molar-refractivity contribution is 7.88. The maximum atomic E-state index is 12.9. The van der Waals surface area contributed by atoms with Gasteiger partial charge in [0.15, 0.2) is 5.82 Å². The van der Waals surface area contributed by atoms with Crippen LogP contribution in [0, 0.1) is 27.7 Å². The van der Waals surface area contributed by atoms with Crippen LogP contribution < -0.4 is 4.90 Å². The Labute approximate surface area is 183 Å². The summed E-state index contributed by atoms with van der Waals surface area (Å²) >= 11 is 0. The van der Waals surface area contributed by atoms with Crippen LogP contribution in [0.3, 0.4) is 0 Å². The minimum Gasteiger partial charge on any atom is -0.354 e. The fourth-order valence-corrected chi connectivity index (χ4v) is 5.47. The van der Waals surface area contributed by atoms with Crippen molar-refractivity contribution >= 4 is 15.8 Å². The van der Waals surface area contributed by atoms with Crippen molar-refractivity contribution in [1.29, 1.82) is 0 Å². The van der Waals surface area contributed by atoms with Crippen molar-refractivity contribution in [2.75, 3.05) is 31.1 Å². The van der Waals surface area contributed by atoms with Crippen LogP contribution in [-0.4, -0.2) is 58.7 Å². The highest BCUT2D eigenvalue weighted by Gasteiger charge is 2.28. The lowest BCUT2D eigenvalue weighted by atomic mass is 10.2. The van der Waals surface area contributed by atoms with E-state index in [0.29, 0.717) is 32.0 Å². The number of anilines is 1. The van der Waals surface area contributed by atoms with E-state index in [-0.39, 0.29) is 5.75 Å². The Hall–Kier alpha value is -2.78. The average molecular weight is 441 g/mol. The van der Waals surface area contributed by atoms with Gasteiger partial charge in [0.1, 0.15) is 11.6 Å². The van der Waals surface area contributed by atoms with Gasteiger partial charge in [0.05, 0.1) is 11.4 Å². The van der Waals surface area contributed by atoms with Crippen molar-refractivity contribution < 1.29 is 8.42 Å². The fourth-order valence-electron chi connectivity index (χ4n) is 3.97. The zero-order valence-electron chi connectivity index (χ0n) is 18.4. The summed E-state index contributed by atoms with van der Waals surface area (Å²) in [4.78, 5) is 11.2. The first-order chi connectivity index (χ1) is 14.7. The van der Waals surface area contributed by atoms with E-state index >= 15 is 0 Å². The molecule has 3 heterocycles. The largest absolute Gasteiger partial charge is 0.354 e. The van der Waals surface area contributed by atoms with Gasteiger partial charge in [0.25, 0.3) is 0 Å². The molecule has 164 valence electrons. The molecule has 1 aliphatic heterocycles. The first-order valence-corrected chi connectivity index (χ1v) is 12.0. The third kappa shape index (κ3) is 4.77. The Morgan fingerprint density at radius 1 is 0.903 bits per heavy atom. The Morgan fingerprint density at radius 3 is 2.26 bits per heavy atom. The highest BCUT2D eigenvalue weighted by Crippen LogP contribution is 2.21. The first-order valence-electron chi connectivity index (χ1n) is 10.4. The van der Waals surface area contributed by atoms with Crippen LogP contribution in [0.4, 0.5) is 5.82 Å². The van der Waals surface area contributed by atoms with E-state index in [4.69, 9.17) is 0 Å². The standard InChI is InChI=1S/C22H28N6O2S/c1-16-6-5-7-20(12-16)15-31(29,30)27-10-8-26(9-11-27)21-14-22(24-19(4)23-21)28-18(3)13-17(2)25-28/h5-7,12-14H,8-11,15H2,1-4H3. The van der Waals surface area contributed by atoms with Crippen LogP contribution in [0.2, 0.25) is 0 Å². The number of hydrogen-bond donors (Lipinski definition) is 0. The summed E-state index contributed by atoms with van der Waals surface area (Å²) in [5.41, 5.74) is 3.83. The third-order valence-corrected chi connectivity index (χ3v) is 7.28. The summed E-state index contributed by atoms with van der Waals surface area (Å²) in [7, 11) is -3.36. The molecule has 2 aromatic heterocycles. The summed E-state index contributed by atoms with van der Waals surface area (Å²) < 4.78 is 29.2. The Morgan fingerprint density at radius 2 is 1.61 bits per heavy atom. The topological polar surface area (TPSA) is 84.2 Å². The molecule has 0 unspecified atom stereocenters. The molecule has 0 spiro atoms. The van der Waals surface area contributed by atoms with Crippen LogP contribution in [0.15, 0.2) is 36.4 Å². The lowest BCUT2D eigenvalue weighted by Crippen LogP contribution is -2.49. The molecule has 0 saturated carbocycles. The van der Waals surface area contributed by atoms with Crippen LogP contribution in [0.25, 0.3) is 5.82 Å². The molecule has 0 atom stereocenters. The number of sulfonamides is 1. The third-order valence-electron chi connectivity index (χ3n) is 5.43. The second-order valence-corrected chi connectivity index (χ2v) is 10.1. The first kappa shape index (κ1) is 21.5. The molecule has 0 radical (unpaired) electrons. The minimum atomic E-state index is -3.36. The van der Waals surface area contributed by atoms with Crippen molar-refractivity contribution in [2.45, 2.75) is 33.4 Å². The van der Waals surface area contributed by atoms with Gasteiger partial charge >= 0.3 is 0 Å². The maximum Gasteiger partial charge on any atom is 0.218 e. The van der Waals surface area contributed by atoms with Gasteiger partial charge in [-0.05, 0) is 39.3 Å². The molecule has 1 aliphatic rings. The fraction of sp³-hybridized carbons (Fsp3) is 0.409. The van der Waals surface area contributed by atoms with Crippen LogP contribution in [0.1, 0.15) is 28.3 Å². The van der Waals surface area contributed by atoms with E-state index in [9.17, 15) is 8.42 Å². The van der Waals surface area contributed by atoms with Crippen LogP contribution in [0.5, 0.6) is 0 Å². The molecule has 3 aromatic rings. The second kappa shape index (κ2) is 8.39. The molecule has 1 saturated heterocycles. The van der Waals surface area contributed by atoms with Gasteiger partial charge in [-0.15, -0.1) is 0 Å². The molecule has 4 rings (SSSR count). The van der Waals surface area contributed by atoms with Gasteiger partial charge in [0.2, 0.25) is 10.0 Å². The molecule has 1 aromatic carbocycles. The molecule has 0 aliphatic carbocycles. The smallest absolute Gasteiger partial charge is 0.218 e. The molecule has 31 heavy (non-hydrogen) atoms. The van der Waals surface area contributed by atoms with Crippen molar-refractivity contribution in [3.8, 4) is 5.82 Å². The van der Waals surface area contributed by atoms with Gasteiger partial charge in [-0.1, -0.05) is 29.8 Å². The number of hydrogen-bond acceptors (Lipinski definition) is 6. The quantitative estimate of drug-likeness (QED) is 0.606.